The molecule has 0 radical (unpaired) electrons. The van der Waals surface area contributed by atoms with Crippen molar-refractivity contribution in [3.63, 3.8) is 0 Å². The first-order chi connectivity index (χ1) is 8.79. The SMILES string of the molecule is N#CCC(Oc1ccc(F)cc1)c1ccccc1. The molecule has 0 spiro atoms. The molecule has 0 saturated carbocycles. The molecule has 2 aromatic rings. The molecule has 2 nitrogen and oxygen atoms in total. The zero-order valence-electron chi connectivity index (χ0n) is 9.71. The molecule has 0 bridgehead atoms. The maximum Gasteiger partial charge on any atom is 0.137 e. The van der Waals surface area contributed by atoms with Crippen LogP contribution in [0.2, 0.25) is 0 Å². The third-order valence-electron chi connectivity index (χ3n) is 2.54. The number of hydrogen-bond acceptors (Lipinski definition) is 2. The van der Waals surface area contributed by atoms with Crippen molar-refractivity contribution in [2.75, 3.05) is 0 Å². The van der Waals surface area contributed by atoms with E-state index in [1.165, 1.54) is 12.1 Å². The Labute approximate surface area is 105 Å². The summed E-state index contributed by atoms with van der Waals surface area (Å²) in [5.41, 5.74) is 0.934. The molecule has 3 heteroatoms. The van der Waals surface area contributed by atoms with Gasteiger partial charge in [-0.1, -0.05) is 30.3 Å². The summed E-state index contributed by atoms with van der Waals surface area (Å²) in [5, 5.41) is 8.83. The molecule has 0 saturated heterocycles. The standard InChI is InChI=1S/C15H12FNO/c16-13-6-8-14(9-7-13)18-15(10-11-17)12-4-2-1-3-5-12/h1-9,15H,10H2. The lowest BCUT2D eigenvalue weighted by molar-refractivity contribution is 0.211. The summed E-state index contributed by atoms with van der Waals surface area (Å²) in [6, 6.07) is 17.4. The van der Waals surface area contributed by atoms with Gasteiger partial charge in [0.05, 0.1) is 12.5 Å². The second kappa shape index (κ2) is 5.83. The summed E-state index contributed by atoms with van der Waals surface area (Å²) in [5.74, 6) is 0.249. The smallest absolute Gasteiger partial charge is 0.137 e. The van der Waals surface area contributed by atoms with Gasteiger partial charge in [0.25, 0.3) is 0 Å². The lowest BCUT2D eigenvalue weighted by Gasteiger charge is -2.16. The minimum Gasteiger partial charge on any atom is -0.485 e. The van der Waals surface area contributed by atoms with Crippen LogP contribution in [0, 0.1) is 17.1 Å². The van der Waals surface area contributed by atoms with Crippen LogP contribution in [0.25, 0.3) is 0 Å². The number of benzene rings is 2. The van der Waals surface area contributed by atoms with E-state index in [-0.39, 0.29) is 18.3 Å². The predicted octanol–water partition coefficient (Wildman–Crippen LogP) is 3.86. The lowest BCUT2D eigenvalue weighted by Crippen LogP contribution is -2.06. The molecule has 0 aliphatic carbocycles. The van der Waals surface area contributed by atoms with Crippen LogP contribution in [-0.2, 0) is 0 Å². The van der Waals surface area contributed by atoms with E-state index in [9.17, 15) is 4.39 Å². The van der Waals surface area contributed by atoms with Gasteiger partial charge in [-0.05, 0) is 29.8 Å². The second-order valence-corrected chi connectivity index (χ2v) is 3.83. The fourth-order valence-corrected chi connectivity index (χ4v) is 1.66. The summed E-state index contributed by atoms with van der Waals surface area (Å²) in [7, 11) is 0. The summed E-state index contributed by atoms with van der Waals surface area (Å²) in [6.07, 6.45) is -0.0804. The maximum absolute atomic E-state index is 12.8. The molecule has 0 amide bonds. The highest BCUT2D eigenvalue weighted by molar-refractivity contribution is 5.25. The zero-order chi connectivity index (χ0) is 12.8. The molecule has 0 aliphatic rings. The third-order valence-corrected chi connectivity index (χ3v) is 2.54. The maximum atomic E-state index is 12.8. The highest BCUT2D eigenvalue weighted by Gasteiger charge is 2.12. The van der Waals surface area contributed by atoms with Crippen molar-refractivity contribution in [1.29, 1.82) is 5.26 Å². The Morgan fingerprint density at radius 1 is 1.06 bits per heavy atom. The number of hydrogen-bond donors (Lipinski definition) is 0. The molecule has 90 valence electrons. The fraction of sp³-hybridized carbons (Fsp3) is 0.133. The molecule has 0 aliphatic heterocycles. The van der Waals surface area contributed by atoms with Crippen LogP contribution in [0.4, 0.5) is 4.39 Å². The van der Waals surface area contributed by atoms with Gasteiger partial charge in [-0.3, -0.25) is 0 Å². The van der Waals surface area contributed by atoms with Gasteiger partial charge in [-0.15, -0.1) is 0 Å². The van der Waals surface area contributed by atoms with Crippen molar-refractivity contribution >= 4 is 0 Å². The van der Waals surface area contributed by atoms with Crippen LogP contribution in [0.15, 0.2) is 54.6 Å². The first-order valence-electron chi connectivity index (χ1n) is 5.63. The Hall–Kier alpha value is -2.34. The van der Waals surface area contributed by atoms with Crippen LogP contribution in [0.5, 0.6) is 5.75 Å². The van der Waals surface area contributed by atoms with Crippen molar-refractivity contribution in [3.8, 4) is 11.8 Å². The Kier molecular flexibility index (Phi) is 3.93. The van der Waals surface area contributed by atoms with Crippen LogP contribution in [-0.4, -0.2) is 0 Å². The van der Waals surface area contributed by atoms with Gasteiger partial charge in [0, 0.05) is 0 Å². The molecule has 2 rings (SSSR count). The van der Waals surface area contributed by atoms with Crippen molar-refractivity contribution in [1.82, 2.24) is 0 Å². The fourth-order valence-electron chi connectivity index (χ4n) is 1.66. The molecule has 1 unspecified atom stereocenters. The van der Waals surface area contributed by atoms with Crippen LogP contribution in [0.1, 0.15) is 18.1 Å². The monoisotopic (exact) mass is 241 g/mol. The first kappa shape index (κ1) is 12.1. The van der Waals surface area contributed by atoms with Gasteiger partial charge < -0.3 is 4.74 Å². The lowest BCUT2D eigenvalue weighted by atomic mass is 10.1. The van der Waals surface area contributed by atoms with Gasteiger partial charge >= 0.3 is 0 Å². The van der Waals surface area contributed by atoms with Gasteiger partial charge in [-0.25, -0.2) is 4.39 Å². The Bertz CT molecular complexity index is 531. The van der Waals surface area contributed by atoms with Crippen LogP contribution >= 0.6 is 0 Å². The van der Waals surface area contributed by atoms with Gasteiger partial charge in [-0.2, -0.15) is 5.26 Å². The number of nitriles is 1. The molecular weight excluding hydrogens is 229 g/mol. The van der Waals surface area contributed by atoms with E-state index in [1.54, 1.807) is 12.1 Å². The second-order valence-electron chi connectivity index (χ2n) is 3.83. The minimum absolute atomic E-state index is 0.251. The summed E-state index contributed by atoms with van der Waals surface area (Å²) in [6.45, 7) is 0. The van der Waals surface area contributed by atoms with Crippen molar-refractivity contribution in [3.05, 3.63) is 66.0 Å². The minimum atomic E-state index is -0.332. The Morgan fingerprint density at radius 2 is 1.72 bits per heavy atom. The van der Waals surface area contributed by atoms with E-state index in [0.29, 0.717) is 5.75 Å². The molecule has 2 aromatic carbocycles. The Morgan fingerprint density at radius 3 is 2.33 bits per heavy atom. The molecule has 0 heterocycles. The van der Waals surface area contributed by atoms with E-state index in [0.717, 1.165) is 5.56 Å². The molecule has 1 atom stereocenters. The largest absolute Gasteiger partial charge is 0.485 e. The average Bonchev–Trinajstić information content (AvgIpc) is 2.42. The normalized spacial score (nSPS) is 11.6. The van der Waals surface area contributed by atoms with Gasteiger partial charge in [0.1, 0.15) is 17.7 Å². The van der Waals surface area contributed by atoms with E-state index >= 15 is 0 Å². The average molecular weight is 241 g/mol. The van der Waals surface area contributed by atoms with E-state index in [4.69, 9.17) is 10.00 Å². The van der Waals surface area contributed by atoms with Gasteiger partial charge in [0.15, 0.2) is 0 Å². The van der Waals surface area contributed by atoms with E-state index in [1.807, 2.05) is 30.3 Å². The topological polar surface area (TPSA) is 33.0 Å². The summed E-state index contributed by atoms with van der Waals surface area (Å²) >= 11 is 0. The predicted molar refractivity (Wildman–Crippen MR) is 66.4 cm³/mol. The van der Waals surface area contributed by atoms with E-state index < -0.39 is 0 Å². The molecular formula is C15H12FNO. The van der Waals surface area contributed by atoms with E-state index in [2.05, 4.69) is 6.07 Å². The quantitative estimate of drug-likeness (QED) is 0.814. The van der Waals surface area contributed by atoms with Crippen LogP contribution in [0.3, 0.4) is 0 Å². The first-order valence-corrected chi connectivity index (χ1v) is 5.63. The molecule has 18 heavy (non-hydrogen) atoms. The third kappa shape index (κ3) is 3.08. The number of rotatable bonds is 4. The highest BCUT2D eigenvalue weighted by Crippen LogP contribution is 2.24. The molecule has 0 fully saturated rings. The summed E-state index contributed by atoms with van der Waals surface area (Å²) in [4.78, 5) is 0. The molecule has 0 aromatic heterocycles. The number of halogens is 1. The van der Waals surface area contributed by atoms with Crippen molar-refractivity contribution in [2.24, 2.45) is 0 Å². The van der Waals surface area contributed by atoms with Crippen molar-refractivity contribution < 1.29 is 9.13 Å². The zero-order valence-corrected chi connectivity index (χ0v) is 9.71. The van der Waals surface area contributed by atoms with Gasteiger partial charge in [0.2, 0.25) is 0 Å². The summed E-state index contributed by atoms with van der Waals surface area (Å²) < 4.78 is 18.5. The van der Waals surface area contributed by atoms with Crippen LogP contribution < -0.4 is 4.74 Å². The number of ether oxygens (including phenoxy) is 1. The Balaban J connectivity index is 2.17. The molecule has 0 N–H and O–H groups in total. The number of nitrogens with zero attached hydrogens (tertiary/aromatic N) is 1. The van der Waals surface area contributed by atoms with Crippen molar-refractivity contribution in [2.45, 2.75) is 12.5 Å². The highest BCUT2D eigenvalue weighted by atomic mass is 19.1.